The smallest absolute Gasteiger partial charge is 0.260 e. The van der Waals surface area contributed by atoms with E-state index in [9.17, 15) is 4.79 Å². The number of benzene rings is 1. The lowest BCUT2D eigenvalue weighted by Crippen LogP contribution is -2.11. The van der Waals surface area contributed by atoms with Crippen molar-refractivity contribution in [1.29, 1.82) is 0 Å². The van der Waals surface area contributed by atoms with Crippen LogP contribution in [0.4, 0.5) is 5.69 Å². The molecule has 0 unspecified atom stereocenters. The summed E-state index contributed by atoms with van der Waals surface area (Å²) in [5.74, 6) is 4.97. The number of hydrogen-bond donors (Lipinski definition) is 2. The maximum atomic E-state index is 11.8. The molecule has 2 aromatic rings. The predicted octanol–water partition coefficient (Wildman–Crippen LogP) is 2.53. The van der Waals surface area contributed by atoms with Gasteiger partial charge in [-0.1, -0.05) is 11.8 Å². The minimum atomic E-state index is -0.340. The van der Waals surface area contributed by atoms with Crippen LogP contribution in [0.1, 0.15) is 15.9 Å². The second kappa shape index (κ2) is 6.10. The predicted molar refractivity (Wildman–Crippen MR) is 72.1 cm³/mol. The molecular formula is C14H10ClNO3. The third-order valence-electron chi connectivity index (χ3n) is 2.32. The quantitative estimate of drug-likeness (QED) is 0.828. The van der Waals surface area contributed by atoms with Crippen molar-refractivity contribution in [1.82, 2.24) is 0 Å². The summed E-state index contributed by atoms with van der Waals surface area (Å²) in [4.78, 5) is 11.8. The van der Waals surface area contributed by atoms with Gasteiger partial charge in [0.15, 0.2) is 0 Å². The molecule has 5 heteroatoms. The Bertz CT molecular complexity index is 635. The van der Waals surface area contributed by atoms with Crippen LogP contribution in [-0.4, -0.2) is 17.6 Å². The maximum absolute atomic E-state index is 11.8. The van der Waals surface area contributed by atoms with Crippen LogP contribution in [0.2, 0.25) is 5.22 Å². The van der Waals surface area contributed by atoms with Crippen molar-refractivity contribution in [2.45, 2.75) is 0 Å². The highest BCUT2D eigenvalue weighted by Gasteiger charge is 2.12. The fraction of sp³-hybridized carbons (Fsp3) is 0.0714. The fourth-order valence-corrected chi connectivity index (χ4v) is 1.63. The molecule has 0 spiro atoms. The summed E-state index contributed by atoms with van der Waals surface area (Å²) in [6.45, 7) is -0.183. The largest absolute Gasteiger partial charge is 0.452 e. The van der Waals surface area contributed by atoms with E-state index in [1.807, 2.05) is 0 Å². The van der Waals surface area contributed by atoms with Gasteiger partial charge in [0.2, 0.25) is 5.22 Å². The second-order valence-corrected chi connectivity index (χ2v) is 3.94. The van der Waals surface area contributed by atoms with E-state index < -0.39 is 0 Å². The van der Waals surface area contributed by atoms with Gasteiger partial charge in [-0.2, -0.15) is 0 Å². The van der Waals surface area contributed by atoms with Crippen molar-refractivity contribution in [3.63, 3.8) is 0 Å². The van der Waals surface area contributed by atoms with Crippen molar-refractivity contribution in [3.05, 3.63) is 52.9 Å². The number of furan rings is 1. The Morgan fingerprint density at radius 3 is 2.63 bits per heavy atom. The highest BCUT2D eigenvalue weighted by atomic mass is 35.5. The molecule has 1 aromatic heterocycles. The molecule has 2 rings (SSSR count). The second-order valence-electron chi connectivity index (χ2n) is 3.60. The fourth-order valence-electron chi connectivity index (χ4n) is 1.43. The van der Waals surface area contributed by atoms with E-state index in [-0.39, 0.29) is 23.3 Å². The van der Waals surface area contributed by atoms with Crippen LogP contribution in [-0.2, 0) is 0 Å². The summed E-state index contributed by atoms with van der Waals surface area (Å²) >= 11 is 5.71. The minimum absolute atomic E-state index is 0.0583. The first-order valence-corrected chi connectivity index (χ1v) is 5.82. The zero-order valence-corrected chi connectivity index (χ0v) is 10.6. The molecule has 1 heterocycles. The number of amides is 1. The molecule has 0 aliphatic carbocycles. The summed E-state index contributed by atoms with van der Waals surface area (Å²) < 4.78 is 4.85. The molecule has 0 saturated heterocycles. The Kier molecular flexibility index (Phi) is 4.24. The van der Waals surface area contributed by atoms with Gasteiger partial charge in [-0.3, -0.25) is 4.79 Å². The molecular weight excluding hydrogens is 266 g/mol. The molecule has 0 saturated carbocycles. The summed E-state index contributed by atoms with van der Waals surface area (Å²) in [7, 11) is 0. The Morgan fingerprint density at radius 1 is 1.32 bits per heavy atom. The van der Waals surface area contributed by atoms with Gasteiger partial charge in [-0.25, -0.2) is 0 Å². The van der Waals surface area contributed by atoms with E-state index in [4.69, 9.17) is 21.1 Å². The van der Waals surface area contributed by atoms with Crippen LogP contribution in [0.5, 0.6) is 0 Å². The molecule has 0 radical (unpaired) electrons. The molecule has 19 heavy (non-hydrogen) atoms. The van der Waals surface area contributed by atoms with E-state index in [0.29, 0.717) is 5.69 Å². The zero-order valence-electron chi connectivity index (χ0n) is 9.81. The van der Waals surface area contributed by atoms with Crippen LogP contribution in [0, 0.1) is 11.8 Å². The molecule has 2 N–H and O–H groups in total. The normalized spacial score (nSPS) is 9.58. The minimum Gasteiger partial charge on any atom is -0.452 e. The van der Waals surface area contributed by atoms with E-state index in [1.165, 1.54) is 12.3 Å². The zero-order chi connectivity index (χ0) is 13.7. The molecule has 0 fully saturated rings. The molecule has 4 nitrogen and oxygen atoms in total. The monoisotopic (exact) mass is 275 g/mol. The number of halogens is 1. The third kappa shape index (κ3) is 3.38. The Morgan fingerprint density at radius 2 is 2.05 bits per heavy atom. The van der Waals surface area contributed by atoms with Crippen molar-refractivity contribution < 1.29 is 14.3 Å². The van der Waals surface area contributed by atoms with Crippen LogP contribution in [0.3, 0.4) is 0 Å². The Hall–Kier alpha value is -2.22. The van der Waals surface area contributed by atoms with Gasteiger partial charge in [-0.15, -0.1) is 0 Å². The number of carbonyl (C=O) groups excluding carboxylic acids is 1. The molecule has 1 aromatic carbocycles. The summed E-state index contributed by atoms with van der Waals surface area (Å²) in [5, 5.41) is 11.3. The van der Waals surface area contributed by atoms with Crippen LogP contribution >= 0.6 is 11.6 Å². The highest BCUT2D eigenvalue weighted by Crippen LogP contribution is 2.18. The lowest BCUT2D eigenvalue weighted by molar-refractivity contribution is 0.102. The third-order valence-corrected chi connectivity index (χ3v) is 2.61. The van der Waals surface area contributed by atoms with E-state index in [2.05, 4.69) is 17.2 Å². The number of anilines is 1. The lowest BCUT2D eigenvalue weighted by Gasteiger charge is -2.03. The summed E-state index contributed by atoms with van der Waals surface area (Å²) in [6, 6.07) is 8.42. The van der Waals surface area contributed by atoms with Crippen molar-refractivity contribution >= 4 is 23.2 Å². The van der Waals surface area contributed by atoms with Gasteiger partial charge in [0, 0.05) is 11.3 Å². The van der Waals surface area contributed by atoms with E-state index in [1.54, 1.807) is 24.3 Å². The van der Waals surface area contributed by atoms with Gasteiger partial charge in [0.1, 0.15) is 6.61 Å². The van der Waals surface area contributed by atoms with Gasteiger partial charge in [0.05, 0.1) is 11.8 Å². The molecule has 0 aliphatic heterocycles. The number of rotatable bonds is 2. The van der Waals surface area contributed by atoms with Crippen LogP contribution in [0.25, 0.3) is 0 Å². The number of aliphatic hydroxyl groups is 1. The Balaban J connectivity index is 2.08. The van der Waals surface area contributed by atoms with Gasteiger partial charge >= 0.3 is 0 Å². The molecule has 96 valence electrons. The van der Waals surface area contributed by atoms with E-state index >= 15 is 0 Å². The van der Waals surface area contributed by atoms with Gasteiger partial charge in [0.25, 0.3) is 5.91 Å². The van der Waals surface area contributed by atoms with Gasteiger partial charge in [-0.05, 0) is 41.9 Å². The number of hydrogen-bond acceptors (Lipinski definition) is 3. The average molecular weight is 276 g/mol. The summed E-state index contributed by atoms with van der Waals surface area (Å²) in [5.41, 5.74) is 1.66. The molecule has 0 aliphatic rings. The van der Waals surface area contributed by atoms with Crippen molar-refractivity contribution in [3.8, 4) is 11.8 Å². The van der Waals surface area contributed by atoms with Crippen LogP contribution in [0.15, 0.2) is 41.0 Å². The summed E-state index contributed by atoms with van der Waals surface area (Å²) in [6.07, 6.45) is 1.35. The maximum Gasteiger partial charge on any atom is 0.260 e. The molecule has 1 amide bonds. The van der Waals surface area contributed by atoms with Crippen LogP contribution < -0.4 is 5.32 Å². The molecule has 0 atom stereocenters. The Labute approximate surface area is 115 Å². The first-order chi connectivity index (χ1) is 9.20. The highest BCUT2D eigenvalue weighted by molar-refractivity contribution is 6.32. The van der Waals surface area contributed by atoms with E-state index in [0.717, 1.165) is 5.56 Å². The topological polar surface area (TPSA) is 62.5 Å². The lowest BCUT2D eigenvalue weighted by atomic mass is 10.2. The first-order valence-electron chi connectivity index (χ1n) is 5.45. The SMILES string of the molecule is O=C(Nc1ccc(C#CCO)cc1)c1ccoc1Cl. The van der Waals surface area contributed by atoms with Crippen molar-refractivity contribution in [2.24, 2.45) is 0 Å². The number of aliphatic hydroxyl groups excluding tert-OH is 1. The molecule has 0 bridgehead atoms. The first kappa shape index (κ1) is 13.2. The average Bonchev–Trinajstić information content (AvgIpc) is 2.84. The standard InChI is InChI=1S/C14H10ClNO3/c15-13-12(7-9-19-13)14(18)16-11-5-3-10(4-6-11)2-1-8-17/h3-7,9,17H,8H2,(H,16,18). The number of nitrogens with one attached hydrogen (secondary N) is 1. The van der Waals surface area contributed by atoms with Gasteiger partial charge < -0.3 is 14.8 Å². The van der Waals surface area contributed by atoms with Crippen molar-refractivity contribution in [2.75, 3.05) is 11.9 Å². The number of carbonyl (C=O) groups is 1.